The second-order valence-corrected chi connectivity index (χ2v) is 5.99. The highest BCUT2D eigenvalue weighted by molar-refractivity contribution is 5.92. The van der Waals surface area contributed by atoms with Crippen LogP contribution in [0.1, 0.15) is 34.3 Å². The van der Waals surface area contributed by atoms with Crippen molar-refractivity contribution in [2.75, 3.05) is 0 Å². The van der Waals surface area contributed by atoms with Gasteiger partial charge in [0.05, 0.1) is 11.0 Å². The first kappa shape index (κ1) is 17.2. The van der Waals surface area contributed by atoms with E-state index in [0.717, 1.165) is 0 Å². The number of amides is 1. The quantitative estimate of drug-likeness (QED) is 0.647. The number of alkyl halides is 3. The van der Waals surface area contributed by atoms with Crippen molar-refractivity contribution >= 4 is 5.91 Å². The van der Waals surface area contributed by atoms with Crippen LogP contribution in [0.15, 0.2) is 36.5 Å². The zero-order valence-corrected chi connectivity index (χ0v) is 13.2. The smallest absolute Gasteiger partial charge is 0.398 e. The Morgan fingerprint density at radius 1 is 1.28 bits per heavy atom. The number of nitrogens with zero attached hydrogens (tertiary/aromatic N) is 1. The molecule has 1 aromatic heterocycles. The molecular formula is C17H15F3N2O3. The predicted octanol–water partition coefficient (Wildman–Crippen LogP) is 3.90. The molecule has 1 fully saturated rings. The van der Waals surface area contributed by atoms with E-state index < -0.39 is 17.5 Å². The number of carbonyl (C=O) groups excluding carboxylic acids is 1. The van der Waals surface area contributed by atoms with Crippen LogP contribution in [0, 0.1) is 6.92 Å². The highest BCUT2D eigenvalue weighted by atomic mass is 19.4. The fraction of sp³-hybridized carbons (Fsp3) is 0.294. The van der Waals surface area contributed by atoms with Gasteiger partial charge in [-0.15, -0.1) is 0 Å². The summed E-state index contributed by atoms with van der Waals surface area (Å²) in [7, 11) is 0. The molecule has 1 heterocycles. The van der Waals surface area contributed by atoms with Crippen LogP contribution in [0.25, 0.3) is 0 Å². The van der Waals surface area contributed by atoms with E-state index in [1.165, 1.54) is 42.0 Å². The number of aryl methyl sites for hydroxylation is 1. The van der Waals surface area contributed by atoms with Crippen molar-refractivity contribution in [2.24, 2.45) is 0 Å². The Morgan fingerprint density at radius 3 is 2.48 bits per heavy atom. The summed E-state index contributed by atoms with van der Waals surface area (Å²) in [5, 5.41) is 8.54. The largest absolute Gasteiger partial charge is 0.439 e. The summed E-state index contributed by atoms with van der Waals surface area (Å²) in [5.74, 6) is -0.141. The lowest BCUT2D eigenvalue weighted by Crippen LogP contribution is -2.28. The van der Waals surface area contributed by atoms with E-state index >= 15 is 0 Å². The normalized spacial score (nSPS) is 15.6. The molecule has 0 radical (unpaired) electrons. The average Bonchev–Trinajstić information content (AvgIpc) is 3.38. The minimum absolute atomic E-state index is 0.103. The molecule has 132 valence electrons. The van der Waals surface area contributed by atoms with Gasteiger partial charge in [-0.2, -0.15) is 13.2 Å². The van der Waals surface area contributed by atoms with Gasteiger partial charge in [-0.3, -0.25) is 10.0 Å². The molecule has 0 saturated heterocycles. The van der Waals surface area contributed by atoms with Gasteiger partial charge >= 0.3 is 6.18 Å². The Kier molecular flexibility index (Phi) is 4.16. The molecule has 8 heteroatoms. The first-order chi connectivity index (χ1) is 11.8. The Labute approximate surface area is 141 Å². The van der Waals surface area contributed by atoms with Gasteiger partial charge in [0.15, 0.2) is 0 Å². The number of rotatable bonds is 4. The van der Waals surface area contributed by atoms with Gasteiger partial charge in [-0.25, -0.2) is 10.5 Å². The van der Waals surface area contributed by atoms with E-state index in [9.17, 15) is 18.0 Å². The molecule has 0 bridgehead atoms. The maximum absolute atomic E-state index is 13.2. The maximum atomic E-state index is 13.2. The Hall–Kier alpha value is -2.61. The lowest BCUT2D eigenvalue weighted by atomic mass is 9.93. The lowest BCUT2D eigenvalue weighted by Gasteiger charge is -2.20. The van der Waals surface area contributed by atoms with Crippen molar-refractivity contribution < 1.29 is 27.9 Å². The summed E-state index contributed by atoms with van der Waals surface area (Å²) in [6.07, 6.45) is -2.84. The van der Waals surface area contributed by atoms with Crippen molar-refractivity contribution in [3.63, 3.8) is 0 Å². The molecule has 1 amide bonds. The van der Waals surface area contributed by atoms with Crippen LogP contribution in [0.5, 0.6) is 11.6 Å². The summed E-state index contributed by atoms with van der Waals surface area (Å²) in [5.41, 5.74) is 0.705. The Morgan fingerprint density at radius 2 is 2.00 bits per heavy atom. The molecule has 1 aliphatic carbocycles. The number of ether oxygens (including phenoxy) is 1. The van der Waals surface area contributed by atoms with Gasteiger partial charge in [-0.05, 0) is 43.0 Å². The van der Waals surface area contributed by atoms with Crippen molar-refractivity contribution in [1.29, 1.82) is 0 Å². The van der Waals surface area contributed by atoms with Gasteiger partial charge in [0.1, 0.15) is 5.75 Å². The third-order valence-corrected chi connectivity index (χ3v) is 4.33. The van der Waals surface area contributed by atoms with Crippen molar-refractivity contribution in [2.45, 2.75) is 31.4 Å². The predicted molar refractivity (Wildman–Crippen MR) is 81.7 cm³/mol. The van der Waals surface area contributed by atoms with Crippen LogP contribution in [-0.4, -0.2) is 22.3 Å². The van der Waals surface area contributed by atoms with Gasteiger partial charge in [0.2, 0.25) is 5.88 Å². The molecular weight excluding hydrogens is 337 g/mol. The molecule has 25 heavy (non-hydrogen) atoms. The van der Waals surface area contributed by atoms with E-state index in [1.807, 2.05) is 0 Å². The number of hydrogen-bond acceptors (Lipinski definition) is 4. The van der Waals surface area contributed by atoms with Crippen molar-refractivity contribution in [3.8, 4) is 11.6 Å². The van der Waals surface area contributed by atoms with Crippen LogP contribution >= 0.6 is 0 Å². The highest BCUT2D eigenvalue weighted by Crippen LogP contribution is 2.59. The summed E-state index contributed by atoms with van der Waals surface area (Å²) < 4.78 is 45.2. The zero-order valence-electron chi connectivity index (χ0n) is 13.2. The van der Waals surface area contributed by atoms with E-state index in [2.05, 4.69) is 4.98 Å². The van der Waals surface area contributed by atoms with Crippen LogP contribution in [0.3, 0.4) is 0 Å². The van der Waals surface area contributed by atoms with E-state index in [1.54, 1.807) is 6.92 Å². The first-order valence-electron chi connectivity index (χ1n) is 7.53. The third-order valence-electron chi connectivity index (χ3n) is 4.33. The van der Waals surface area contributed by atoms with Gasteiger partial charge in [0.25, 0.3) is 5.91 Å². The van der Waals surface area contributed by atoms with E-state index in [-0.39, 0.29) is 29.8 Å². The number of benzene rings is 1. The van der Waals surface area contributed by atoms with Gasteiger partial charge in [0, 0.05) is 12.3 Å². The second-order valence-electron chi connectivity index (χ2n) is 5.99. The molecule has 2 N–H and O–H groups in total. The Bertz CT molecular complexity index is 800. The maximum Gasteiger partial charge on any atom is 0.398 e. The second kappa shape index (κ2) is 6.03. The number of hydroxylamine groups is 1. The minimum atomic E-state index is -4.26. The molecule has 0 atom stereocenters. The first-order valence-corrected chi connectivity index (χ1v) is 7.53. The van der Waals surface area contributed by atoms with Crippen molar-refractivity contribution in [3.05, 3.63) is 53.2 Å². The Balaban J connectivity index is 1.79. The number of aromatic nitrogens is 1. The molecule has 0 spiro atoms. The topological polar surface area (TPSA) is 71.5 Å². The minimum Gasteiger partial charge on any atom is -0.439 e. The van der Waals surface area contributed by atoms with Crippen molar-refractivity contribution in [1.82, 2.24) is 10.5 Å². The molecule has 1 saturated carbocycles. The molecule has 0 aliphatic heterocycles. The number of nitrogens with one attached hydrogen (secondary N) is 1. The third kappa shape index (κ3) is 3.17. The van der Waals surface area contributed by atoms with Gasteiger partial charge < -0.3 is 4.74 Å². The molecule has 3 rings (SSSR count). The standard InChI is InChI=1S/C17H15F3N2O3/c1-10-8-12(16(6-7-16)17(18,19)20)3-4-13(10)25-14-5-2-11(9-21-14)15(23)22-24/h2-5,8-9,24H,6-7H2,1H3,(H,22,23). The molecule has 0 unspecified atom stereocenters. The van der Waals surface area contributed by atoms with Gasteiger partial charge in [-0.1, -0.05) is 12.1 Å². The molecule has 2 aromatic rings. The number of halogens is 3. The average molecular weight is 352 g/mol. The monoisotopic (exact) mass is 352 g/mol. The summed E-state index contributed by atoms with van der Waals surface area (Å²) in [6, 6.07) is 7.24. The highest BCUT2D eigenvalue weighted by Gasteiger charge is 2.64. The zero-order chi connectivity index (χ0) is 18.2. The molecule has 1 aromatic carbocycles. The van der Waals surface area contributed by atoms with E-state index in [4.69, 9.17) is 9.94 Å². The van der Waals surface area contributed by atoms with Crippen LogP contribution in [0.4, 0.5) is 13.2 Å². The lowest BCUT2D eigenvalue weighted by molar-refractivity contribution is -0.160. The van der Waals surface area contributed by atoms with Crippen LogP contribution in [-0.2, 0) is 5.41 Å². The molecule has 1 aliphatic rings. The summed E-state index contributed by atoms with van der Waals surface area (Å²) in [4.78, 5) is 15.2. The molecule has 5 nitrogen and oxygen atoms in total. The number of carbonyl (C=O) groups is 1. The number of hydrogen-bond donors (Lipinski definition) is 2. The fourth-order valence-corrected chi connectivity index (χ4v) is 2.67. The summed E-state index contributed by atoms with van der Waals surface area (Å²) in [6.45, 7) is 1.67. The fourth-order valence-electron chi connectivity index (χ4n) is 2.67. The SMILES string of the molecule is Cc1cc(C2(C(F)(F)F)CC2)ccc1Oc1ccc(C(=O)NO)cn1. The summed E-state index contributed by atoms with van der Waals surface area (Å²) >= 11 is 0. The number of pyridine rings is 1. The van der Waals surface area contributed by atoms with Crippen LogP contribution in [0.2, 0.25) is 0 Å². The van der Waals surface area contributed by atoms with Crippen LogP contribution < -0.4 is 10.2 Å². The van der Waals surface area contributed by atoms with E-state index in [0.29, 0.717) is 11.3 Å².